The summed E-state index contributed by atoms with van der Waals surface area (Å²) in [6.45, 7) is 2.52. The van der Waals surface area contributed by atoms with Gasteiger partial charge < -0.3 is 15.4 Å². The normalized spacial score (nSPS) is 10.0. The number of Topliss-reactive ketones (excluding diaryl/α,β-unsaturated/α-hetero) is 1. The molecule has 126 valence electrons. The van der Waals surface area contributed by atoms with Crippen LogP contribution < -0.4 is 15.4 Å². The summed E-state index contributed by atoms with van der Waals surface area (Å²) in [4.78, 5) is 34.3. The van der Waals surface area contributed by atoms with Gasteiger partial charge in [-0.05, 0) is 37.1 Å². The van der Waals surface area contributed by atoms with Crippen molar-refractivity contribution >= 4 is 17.6 Å². The summed E-state index contributed by atoms with van der Waals surface area (Å²) in [6.07, 6.45) is 1.87. The van der Waals surface area contributed by atoms with Gasteiger partial charge in [-0.15, -0.1) is 0 Å². The van der Waals surface area contributed by atoms with Crippen LogP contribution >= 0.6 is 0 Å². The monoisotopic (exact) mass is 320 g/mol. The molecule has 0 aromatic heterocycles. The number of nitrogens with one attached hydrogen (secondary N) is 2. The third-order valence-corrected chi connectivity index (χ3v) is 3.27. The second-order valence-electron chi connectivity index (χ2n) is 5.19. The molecule has 0 saturated carbocycles. The van der Waals surface area contributed by atoms with Crippen LogP contribution in [-0.4, -0.2) is 37.8 Å². The molecule has 0 aliphatic carbocycles. The Labute approximate surface area is 136 Å². The van der Waals surface area contributed by atoms with Crippen molar-refractivity contribution in [2.45, 2.75) is 32.6 Å². The van der Waals surface area contributed by atoms with E-state index >= 15 is 0 Å². The zero-order chi connectivity index (χ0) is 17.1. The first-order chi connectivity index (χ1) is 11.0. The van der Waals surface area contributed by atoms with Crippen LogP contribution in [0.2, 0.25) is 0 Å². The van der Waals surface area contributed by atoms with Gasteiger partial charge in [-0.3, -0.25) is 14.4 Å². The first-order valence-electron chi connectivity index (χ1n) is 7.71. The van der Waals surface area contributed by atoms with Gasteiger partial charge in [0.05, 0.1) is 7.11 Å². The second kappa shape index (κ2) is 10.4. The van der Waals surface area contributed by atoms with Gasteiger partial charge in [0.15, 0.2) is 5.78 Å². The van der Waals surface area contributed by atoms with Crippen LogP contribution in [0.4, 0.5) is 0 Å². The number of amides is 2. The summed E-state index contributed by atoms with van der Waals surface area (Å²) in [6, 6.07) is 6.94. The number of carbonyl (C=O) groups is 3. The van der Waals surface area contributed by atoms with Gasteiger partial charge in [0, 0.05) is 38.4 Å². The Hall–Kier alpha value is -2.37. The molecule has 2 N–H and O–H groups in total. The van der Waals surface area contributed by atoms with Crippen molar-refractivity contribution in [3.63, 3.8) is 0 Å². The Morgan fingerprint density at radius 1 is 0.957 bits per heavy atom. The number of hydrogen-bond donors (Lipinski definition) is 2. The Morgan fingerprint density at radius 3 is 2.22 bits per heavy atom. The molecule has 1 aromatic rings. The molecule has 6 heteroatoms. The minimum Gasteiger partial charge on any atom is -0.497 e. The van der Waals surface area contributed by atoms with Crippen LogP contribution in [-0.2, 0) is 9.59 Å². The van der Waals surface area contributed by atoms with E-state index in [0.717, 1.165) is 0 Å². The lowest BCUT2D eigenvalue weighted by molar-refractivity contribution is -0.121. The van der Waals surface area contributed by atoms with E-state index < -0.39 is 0 Å². The Kier molecular flexibility index (Phi) is 8.42. The zero-order valence-corrected chi connectivity index (χ0v) is 13.7. The smallest absolute Gasteiger partial charge is 0.220 e. The van der Waals surface area contributed by atoms with Gasteiger partial charge in [-0.2, -0.15) is 0 Å². The van der Waals surface area contributed by atoms with E-state index in [4.69, 9.17) is 4.74 Å². The summed E-state index contributed by atoms with van der Waals surface area (Å²) in [5, 5.41) is 5.43. The Bertz CT molecular complexity index is 526. The van der Waals surface area contributed by atoms with Gasteiger partial charge in [0.25, 0.3) is 0 Å². The SMILES string of the molecule is COc1ccc(C(=O)CCCC(=O)NCCCNC(C)=O)cc1. The molecule has 1 aromatic carbocycles. The van der Waals surface area contributed by atoms with Crippen LogP contribution in [0.25, 0.3) is 0 Å². The molecule has 0 bridgehead atoms. The van der Waals surface area contributed by atoms with Crippen LogP contribution in [0, 0.1) is 0 Å². The number of benzene rings is 1. The van der Waals surface area contributed by atoms with Gasteiger partial charge in [0.1, 0.15) is 5.75 Å². The topological polar surface area (TPSA) is 84.5 Å². The highest BCUT2D eigenvalue weighted by atomic mass is 16.5. The number of methoxy groups -OCH3 is 1. The van der Waals surface area contributed by atoms with Gasteiger partial charge >= 0.3 is 0 Å². The minimum atomic E-state index is -0.0756. The van der Waals surface area contributed by atoms with Crippen molar-refractivity contribution < 1.29 is 19.1 Å². The van der Waals surface area contributed by atoms with Crippen molar-refractivity contribution in [3.8, 4) is 5.75 Å². The fourth-order valence-electron chi connectivity index (χ4n) is 2.00. The first kappa shape index (κ1) is 18.7. The third kappa shape index (κ3) is 7.99. The standard InChI is InChI=1S/C17H24N2O4/c1-13(20)18-11-4-12-19-17(22)6-3-5-16(21)14-7-9-15(23-2)10-8-14/h7-10H,3-6,11-12H2,1-2H3,(H,18,20)(H,19,22). The first-order valence-corrected chi connectivity index (χ1v) is 7.71. The van der Waals surface area contributed by atoms with E-state index in [1.807, 2.05) is 0 Å². The molecular formula is C17H24N2O4. The summed E-state index contributed by atoms with van der Waals surface area (Å²) in [5.41, 5.74) is 0.626. The maximum atomic E-state index is 12.0. The summed E-state index contributed by atoms with van der Waals surface area (Å²) in [7, 11) is 1.58. The lowest BCUT2D eigenvalue weighted by Crippen LogP contribution is -2.28. The van der Waals surface area contributed by atoms with Gasteiger partial charge in [-0.1, -0.05) is 0 Å². The predicted octanol–water partition coefficient (Wildman–Crippen LogP) is 1.69. The lowest BCUT2D eigenvalue weighted by atomic mass is 10.1. The summed E-state index contributed by atoms with van der Waals surface area (Å²) < 4.78 is 5.04. The van der Waals surface area contributed by atoms with Crippen molar-refractivity contribution in [3.05, 3.63) is 29.8 Å². The van der Waals surface area contributed by atoms with Crippen LogP contribution in [0.3, 0.4) is 0 Å². The summed E-state index contributed by atoms with van der Waals surface area (Å²) in [5.74, 6) is 0.579. The largest absolute Gasteiger partial charge is 0.497 e. The van der Waals surface area contributed by atoms with Gasteiger partial charge in [0.2, 0.25) is 11.8 Å². The van der Waals surface area contributed by atoms with E-state index in [9.17, 15) is 14.4 Å². The van der Waals surface area contributed by atoms with E-state index in [2.05, 4.69) is 10.6 Å². The molecule has 0 atom stereocenters. The average molecular weight is 320 g/mol. The molecule has 0 saturated heterocycles. The molecular weight excluding hydrogens is 296 g/mol. The molecule has 23 heavy (non-hydrogen) atoms. The van der Waals surface area contributed by atoms with E-state index in [0.29, 0.717) is 50.1 Å². The van der Waals surface area contributed by atoms with Crippen molar-refractivity contribution in [1.82, 2.24) is 10.6 Å². The molecule has 0 aliphatic rings. The second-order valence-corrected chi connectivity index (χ2v) is 5.19. The molecule has 0 heterocycles. The number of ketones is 1. The molecule has 6 nitrogen and oxygen atoms in total. The third-order valence-electron chi connectivity index (χ3n) is 3.27. The molecule has 2 amide bonds. The van der Waals surface area contributed by atoms with Crippen molar-refractivity contribution in [1.29, 1.82) is 0 Å². The highest BCUT2D eigenvalue weighted by Crippen LogP contribution is 2.13. The van der Waals surface area contributed by atoms with E-state index in [-0.39, 0.29) is 17.6 Å². The van der Waals surface area contributed by atoms with Crippen LogP contribution in [0.1, 0.15) is 43.0 Å². The maximum absolute atomic E-state index is 12.0. The molecule has 0 radical (unpaired) electrons. The summed E-state index contributed by atoms with van der Waals surface area (Å²) >= 11 is 0. The molecule has 0 unspecified atom stereocenters. The van der Waals surface area contributed by atoms with E-state index in [1.165, 1.54) is 6.92 Å². The maximum Gasteiger partial charge on any atom is 0.220 e. The molecule has 0 fully saturated rings. The van der Waals surface area contributed by atoms with Crippen LogP contribution in [0.15, 0.2) is 24.3 Å². The lowest BCUT2D eigenvalue weighted by Gasteiger charge is -2.06. The predicted molar refractivity (Wildman–Crippen MR) is 87.5 cm³/mol. The highest BCUT2D eigenvalue weighted by molar-refractivity contribution is 5.96. The number of rotatable bonds is 10. The van der Waals surface area contributed by atoms with Crippen molar-refractivity contribution in [2.24, 2.45) is 0 Å². The van der Waals surface area contributed by atoms with E-state index in [1.54, 1.807) is 31.4 Å². The minimum absolute atomic E-state index is 0.0195. The Morgan fingerprint density at radius 2 is 1.61 bits per heavy atom. The molecule has 0 aliphatic heterocycles. The molecule has 1 rings (SSSR count). The fraction of sp³-hybridized carbons (Fsp3) is 0.471. The number of ether oxygens (including phenoxy) is 1. The Balaban J connectivity index is 2.16. The molecule has 0 spiro atoms. The van der Waals surface area contributed by atoms with Crippen molar-refractivity contribution in [2.75, 3.05) is 20.2 Å². The fourth-order valence-corrected chi connectivity index (χ4v) is 2.00. The van der Waals surface area contributed by atoms with Crippen LogP contribution in [0.5, 0.6) is 5.75 Å². The number of hydrogen-bond acceptors (Lipinski definition) is 4. The number of carbonyl (C=O) groups excluding carboxylic acids is 3. The average Bonchev–Trinajstić information content (AvgIpc) is 2.54. The highest BCUT2D eigenvalue weighted by Gasteiger charge is 2.08. The quantitative estimate of drug-likeness (QED) is 0.507. The van der Waals surface area contributed by atoms with Gasteiger partial charge in [-0.25, -0.2) is 0 Å². The zero-order valence-electron chi connectivity index (χ0n) is 13.7.